The number of methoxy groups -OCH3 is 1. The first-order valence-electron chi connectivity index (χ1n) is 6.09. The fraction of sp³-hybridized carbons (Fsp3) is 0.231. The highest BCUT2D eigenvalue weighted by atomic mass is 19.1. The van der Waals surface area contributed by atoms with Crippen molar-refractivity contribution in [2.24, 2.45) is 11.0 Å². The van der Waals surface area contributed by atoms with Gasteiger partial charge in [0.25, 0.3) is 5.91 Å². The third-order valence-corrected chi connectivity index (χ3v) is 3.40. The number of esters is 1. The van der Waals surface area contributed by atoms with Gasteiger partial charge in [0.2, 0.25) is 5.91 Å². The summed E-state index contributed by atoms with van der Waals surface area (Å²) in [7, 11) is 1.16. The fourth-order valence-electron chi connectivity index (χ4n) is 2.41. The lowest BCUT2D eigenvalue weighted by atomic mass is 9.99. The van der Waals surface area contributed by atoms with Crippen molar-refractivity contribution in [2.75, 3.05) is 12.0 Å². The number of amides is 2. The number of carbonyl (C=O) groups is 3. The SMILES string of the molecule is COC(=O)C1=NN[C@@H]2C(=O)N(c3ccc(F)cc3)C(=O)[C@H]12. The number of anilines is 1. The molecule has 1 aromatic rings. The van der Waals surface area contributed by atoms with E-state index in [2.05, 4.69) is 15.3 Å². The molecule has 108 valence electrons. The predicted octanol–water partition coefficient (Wildman–Crippen LogP) is -0.184. The second-order valence-electron chi connectivity index (χ2n) is 4.56. The van der Waals surface area contributed by atoms with Crippen molar-refractivity contribution in [3.8, 4) is 0 Å². The van der Waals surface area contributed by atoms with Gasteiger partial charge in [-0.2, -0.15) is 5.10 Å². The Morgan fingerprint density at radius 2 is 1.95 bits per heavy atom. The highest BCUT2D eigenvalue weighted by Gasteiger charge is 2.55. The fourth-order valence-corrected chi connectivity index (χ4v) is 2.41. The maximum Gasteiger partial charge on any atom is 0.355 e. The highest BCUT2D eigenvalue weighted by molar-refractivity contribution is 6.46. The molecule has 1 fully saturated rings. The molecule has 21 heavy (non-hydrogen) atoms. The zero-order valence-corrected chi connectivity index (χ0v) is 10.9. The molecule has 0 unspecified atom stereocenters. The van der Waals surface area contributed by atoms with Gasteiger partial charge < -0.3 is 4.74 Å². The Balaban J connectivity index is 1.95. The van der Waals surface area contributed by atoms with Crippen LogP contribution in [0.15, 0.2) is 29.4 Å². The van der Waals surface area contributed by atoms with Gasteiger partial charge in [0.05, 0.1) is 12.8 Å². The molecule has 2 heterocycles. The molecule has 2 atom stereocenters. The van der Waals surface area contributed by atoms with Crippen molar-refractivity contribution in [1.29, 1.82) is 0 Å². The number of imide groups is 1. The number of hydrogen-bond donors (Lipinski definition) is 1. The summed E-state index contributed by atoms with van der Waals surface area (Å²) in [6.45, 7) is 0. The number of carbonyl (C=O) groups excluding carboxylic acids is 3. The van der Waals surface area contributed by atoms with Crippen LogP contribution in [0.4, 0.5) is 10.1 Å². The molecule has 1 saturated heterocycles. The van der Waals surface area contributed by atoms with E-state index in [0.29, 0.717) is 0 Å². The van der Waals surface area contributed by atoms with Crippen molar-refractivity contribution in [3.63, 3.8) is 0 Å². The van der Waals surface area contributed by atoms with Crippen LogP contribution in [-0.2, 0) is 19.1 Å². The largest absolute Gasteiger partial charge is 0.464 e. The van der Waals surface area contributed by atoms with Crippen LogP contribution in [0.1, 0.15) is 0 Å². The van der Waals surface area contributed by atoms with E-state index >= 15 is 0 Å². The first-order chi connectivity index (χ1) is 10.0. The molecule has 0 aromatic heterocycles. The maximum absolute atomic E-state index is 12.9. The standard InChI is InChI=1S/C13H10FN3O4/c1-21-13(20)10-8-9(15-16-10)12(19)17(11(8)18)7-4-2-6(14)3-5-7/h2-5,8-9,15H,1H3/t8-,9-/m0/s1. The van der Waals surface area contributed by atoms with Gasteiger partial charge in [-0.1, -0.05) is 0 Å². The molecule has 2 amide bonds. The Kier molecular flexibility index (Phi) is 2.93. The average molecular weight is 291 g/mol. The van der Waals surface area contributed by atoms with Crippen molar-refractivity contribution in [2.45, 2.75) is 6.04 Å². The van der Waals surface area contributed by atoms with Crippen LogP contribution in [0, 0.1) is 11.7 Å². The first kappa shape index (κ1) is 13.2. The predicted molar refractivity (Wildman–Crippen MR) is 68.8 cm³/mol. The summed E-state index contributed by atoms with van der Waals surface area (Å²) in [4.78, 5) is 37.1. The topological polar surface area (TPSA) is 88.1 Å². The van der Waals surface area contributed by atoms with E-state index in [1.54, 1.807) is 0 Å². The lowest BCUT2D eigenvalue weighted by Crippen LogP contribution is -2.36. The minimum absolute atomic E-state index is 0.134. The lowest BCUT2D eigenvalue weighted by Gasteiger charge is -2.15. The van der Waals surface area contributed by atoms with Crippen LogP contribution in [0.3, 0.4) is 0 Å². The van der Waals surface area contributed by atoms with Crippen molar-refractivity contribution < 1.29 is 23.5 Å². The number of nitrogens with one attached hydrogen (secondary N) is 1. The van der Waals surface area contributed by atoms with E-state index in [1.165, 1.54) is 12.1 Å². The molecule has 0 bridgehead atoms. The Morgan fingerprint density at radius 3 is 2.57 bits per heavy atom. The minimum Gasteiger partial charge on any atom is -0.464 e. The molecule has 2 aliphatic rings. The van der Waals surface area contributed by atoms with E-state index in [4.69, 9.17) is 0 Å². The molecule has 0 radical (unpaired) electrons. The average Bonchev–Trinajstić information content (AvgIpc) is 3.01. The van der Waals surface area contributed by atoms with Gasteiger partial charge in [0.15, 0.2) is 5.71 Å². The number of hydrogen-bond acceptors (Lipinski definition) is 6. The van der Waals surface area contributed by atoms with Crippen molar-refractivity contribution >= 4 is 29.2 Å². The number of ether oxygens (including phenoxy) is 1. The Morgan fingerprint density at radius 1 is 1.29 bits per heavy atom. The zero-order valence-electron chi connectivity index (χ0n) is 10.9. The summed E-state index contributed by atoms with van der Waals surface area (Å²) >= 11 is 0. The van der Waals surface area contributed by atoms with Gasteiger partial charge in [0, 0.05) is 0 Å². The number of nitrogens with zero attached hydrogens (tertiary/aromatic N) is 2. The van der Waals surface area contributed by atoms with Crippen LogP contribution in [-0.4, -0.2) is 36.6 Å². The number of benzene rings is 1. The molecule has 8 heteroatoms. The maximum atomic E-state index is 12.9. The van der Waals surface area contributed by atoms with Gasteiger partial charge in [-0.25, -0.2) is 14.1 Å². The normalized spacial score (nSPS) is 23.7. The third-order valence-electron chi connectivity index (χ3n) is 3.40. The van der Waals surface area contributed by atoms with Gasteiger partial charge in [-0.05, 0) is 24.3 Å². The summed E-state index contributed by atoms with van der Waals surface area (Å²) < 4.78 is 17.5. The number of halogens is 1. The quantitative estimate of drug-likeness (QED) is 0.603. The molecular formula is C13H10FN3O4. The van der Waals surface area contributed by atoms with Crippen LogP contribution >= 0.6 is 0 Å². The second-order valence-corrected chi connectivity index (χ2v) is 4.56. The molecule has 1 N–H and O–H groups in total. The number of rotatable bonds is 2. The smallest absolute Gasteiger partial charge is 0.355 e. The summed E-state index contributed by atoms with van der Waals surface area (Å²) in [6.07, 6.45) is 0. The van der Waals surface area contributed by atoms with E-state index in [-0.39, 0.29) is 11.4 Å². The molecule has 2 aliphatic heterocycles. The molecule has 3 rings (SSSR count). The lowest BCUT2D eigenvalue weighted by molar-refractivity contribution is -0.133. The van der Waals surface area contributed by atoms with E-state index in [9.17, 15) is 18.8 Å². The number of hydrazone groups is 1. The molecule has 0 aliphatic carbocycles. The molecule has 1 aromatic carbocycles. The van der Waals surface area contributed by atoms with Crippen molar-refractivity contribution in [1.82, 2.24) is 5.43 Å². The summed E-state index contributed by atoms with van der Waals surface area (Å²) in [5, 5.41) is 3.70. The highest BCUT2D eigenvalue weighted by Crippen LogP contribution is 2.30. The van der Waals surface area contributed by atoms with Gasteiger partial charge in [-0.15, -0.1) is 0 Å². The molecule has 0 saturated carbocycles. The van der Waals surface area contributed by atoms with Crippen LogP contribution in [0.25, 0.3) is 0 Å². The summed E-state index contributed by atoms with van der Waals surface area (Å²) in [6, 6.07) is 4.00. The third kappa shape index (κ3) is 1.87. The van der Waals surface area contributed by atoms with Gasteiger partial charge >= 0.3 is 5.97 Å². The minimum atomic E-state index is -1.02. The molecular weight excluding hydrogens is 281 g/mol. The van der Waals surface area contributed by atoms with E-state index < -0.39 is 35.6 Å². The second kappa shape index (κ2) is 4.65. The first-order valence-corrected chi connectivity index (χ1v) is 6.09. The summed E-state index contributed by atoms with van der Waals surface area (Å²) in [5.41, 5.74) is 2.58. The number of fused-ring (bicyclic) bond motifs is 1. The van der Waals surface area contributed by atoms with Gasteiger partial charge in [-0.3, -0.25) is 15.0 Å². The van der Waals surface area contributed by atoms with Gasteiger partial charge in [0.1, 0.15) is 17.8 Å². The van der Waals surface area contributed by atoms with Crippen LogP contribution in [0.5, 0.6) is 0 Å². The van der Waals surface area contributed by atoms with Crippen LogP contribution < -0.4 is 10.3 Å². The summed E-state index contributed by atoms with van der Waals surface area (Å²) in [5.74, 6) is -3.40. The molecule has 0 spiro atoms. The van der Waals surface area contributed by atoms with E-state index in [1.807, 2.05) is 0 Å². The van der Waals surface area contributed by atoms with Crippen LogP contribution in [0.2, 0.25) is 0 Å². The van der Waals surface area contributed by atoms with E-state index in [0.717, 1.165) is 24.1 Å². The molecule has 7 nitrogen and oxygen atoms in total. The zero-order chi connectivity index (χ0) is 15.1. The Bertz CT molecular complexity index is 670. The Labute approximate surface area is 118 Å². The monoisotopic (exact) mass is 291 g/mol. The van der Waals surface area contributed by atoms with Crippen molar-refractivity contribution in [3.05, 3.63) is 30.1 Å². The Hall–Kier alpha value is -2.77.